The molecule has 3 aliphatic rings. The summed E-state index contributed by atoms with van der Waals surface area (Å²) in [5.41, 5.74) is -0.157. The van der Waals surface area contributed by atoms with Gasteiger partial charge >= 0.3 is 12.1 Å². The fraction of sp³-hybridized carbons (Fsp3) is 0.625. The zero-order valence-corrected chi connectivity index (χ0v) is 19.0. The SMILES string of the molecule is CCOC(=O)[C@@H]1[C@@H](C=O)CC[C@]23N(C(=O)OC(C)(C)C)CC[C@]12c1ccccc1N3C. The maximum absolute atomic E-state index is 13.4. The van der Waals surface area contributed by atoms with Crippen LogP contribution in [0.1, 0.15) is 52.5 Å². The van der Waals surface area contributed by atoms with Crippen LogP contribution in [0.3, 0.4) is 0 Å². The van der Waals surface area contributed by atoms with Crippen LogP contribution < -0.4 is 4.90 Å². The first kappa shape index (κ1) is 21.7. The first-order valence-corrected chi connectivity index (χ1v) is 11.1. The Bertz CT molecular complexity index is 909. The number of benzene rings is 1. The molecule has 4 rings (SSSR count). The highest BCUT2D eigenvalue weighted by Crippen LogP contribution is 2.67. The third-order valence-corrected chi connectivity index (χ3v) is 7.31. The van der Waals surface area contributed by atoms with Crippen LogP contribution >= 0.6 is 0 Å². The Hall–Kier alpha value is -2.57. The van der Waals surface area contributed by atoms with Gasteiger partial charge in [-0.3, -0.25) is 9.69 Å². The number of carbonyl (C=O) groups excluding carboxylic acids is 3. The van der Waals surface area contributed by atoms with E-state index in [9.17, 15) is 14.4 Å². The van der Waals surface area contributed by atoms with E-state index >= 15 is 0 Å². The second-order valence-corrected chi connectivity index (χ2v) is 9.81. The van der Waals surface area contributed by atoms with E-state index in [1.165, 1.54) is 0 Å². The minimum atomic E-state index is -0.782. The summed E-state index contributed by atoms with van der Waals surface area (Å²) in [4.78, 5) is 42.8. The van der Waals surface area contributed by atoms with E-state index in [1.54, 1.807) is 11.8 Å². The predicted octanol–water partition coefficient (Wildman–Crippen LogP) is 3.50. The van der Waals surface area contributed by atoms with Gasteiger partial charge in [-0.2, -0.15) is 0 Å². The maximum Gasteiger partial charge on any atom is 0.412 e. The fourth-order valence-corrected chi connectivity index (χ4v) is 6.40. The standard InChI is InChI=1S/C24H32N2O5/c1-6-30-20(28)19-16(15-27)11-12-24-23(19,17-9-7-8-10-18(17)25(24)5)13-14-26(24)21(29)31-22(2,3)4/h7-10,15-16,19H,6,11-14H2,1-5H3/t16-,19+,23+,24+/m1/s1. The number of aldehydes is 1. The van der Waals surface area contributed by atoms with Gasteiger partial charge in [0.2, 0.25) is 0 Å². The Balaban J connectivity index is 1.93. The van der Waals surface area contributed by atoms with E-state index < -0.39 is 28.5 Å². The summed E-state index contributed by atoms with van der Waals surface area (Å²) in [6.45, 7) is 8.03. The third-order valence-electron chi connectivity index (χ3n) is 7.31. The molecule has 7 nitrogen and oxygen atoms in total. The van der Waals surface area contributed by atoms with E-state index in [0.29, 0.717) is 25.8 Å². The molecule has 0 spiro atoms. The van der Waals surface area contributed by atoms with Crippen LogP contribution in [-0.4, -0.2) is 54.7 Å². The number of likely N-dealkylation sites (tertiary alicyclic amines) is 1. The van der Waals surface area contributed by atoms with Crippen LogP contribution in [0, 0.1) is 11.8 Å². The van der Waals surface area contributed by atoms with Gasteiger partial charge in [-0.1, -0.05) is 18.2 Å². The van der Waals surface area contributed by atoms with Gasteiger partial charge in [-0.15, -0.1) is 0 Å². The van der Waals surface area contributed by atoms with Crippen molar-refractivity contribution in [2.75, 3.05) is 25.1 Å². The number of esters is 1. The molecule has 2 aliphatic heterocycles. The Morgan fingerprint density at radius 1 is 1.23 bits per heavy atom. The van der Waals surface area contributed by atoms with Gasteiger partial charge in [-0.25, -0.2) is 4.79 Å². The van der Waals surface area contributed by atoms with Crippen LogP contribution in [0.15, 0.2) is 24.3 Å². The zero-order chi connectivity index (χ0) is 22.6. The van der Waals surface area contributed by atoms with Crippen molar-refractivity contribution in [3.05, 3.63) is 29.8 Å². The average molecular weight is 429 g/mol. The number of fused-ring (bicyclic) bond motifs is 1. The molecule has 0 unspecified atom stereocenters. The number of ether oxygens (including phenoxy) is 2. The summed E-state index contributed by atoms with van der Waals surface area (Å²) in [5.74, 6) is -1.47. The molecule has 1 aliphatic carbocycles. The van der Waals surface area contributed by atoms with Gasteiger partial charge < -0.3 is 19.2 Å². The highest BCUT2D eigenvalue weighted by Gasteiger charge is 2.75. The molecular formula is C24H32N2O5. The Morgan fingerprint density at radius 2 is 1.94 bits per heavy atom. The molecule has 4 atom stereocenters. The molecule has 0 radical (unpaired) electrons. The van der Waals surface area contributed by atoms with Crippen molar-refractivity contribution in [3.8, 4) is 0 Å². The molecule has 1 amide bonds. The van der Waals surface area contributed by atoms with Gasteiger partial charge in [0.1, 0.15) is 17.6 Å². The van der Waals surface area contributed by atoms with Gasteiger partial charge in [0, 0.05) is 25.2 Å². The van der Waals surface area contributed by atoms with E-state index in [-0.39, 0.29) is 18.7 Å². The highest BCUT2D eigenvalue weighted by molar-refractivity contribution is 5.85. The third kappa shape index (κ3) is 2.81. The molecule has 168 valence electrons. The van der Waals surface area contributed by atoms with Crippen LogP contribution in [0.25, 0.3) is 0 Å². The molecule has 0 N–H and O–H groups in total. The molecule has 1 saturated heterocycles. The lowest BCUT2D eigenvalue weighted by molar-refractivity contribution is -0.160. The molecule has 0 bridgehead atoms. The molecule has 1 aromatic rings. The number of anilines is 1. The van der Waals surface area contributed by atoms with Crippen molar-refractivity contribution in [2.45, 2.75) is 63.6 Å². The molecule has 2 heterocycles. The number of nitrogens with zero attached hydrogens (tertiary/aromatic N) is 2. The zero-order valence-electron chi connectivity index (χ0n) is 19.0. The van der Waals surface area contributed by atoms with Crippen molar-refractivity contribution in [1.82, 2.24) is 4.90 Å². The van der Waals surface area contributed by atoms with Crippen LogP contribution in [0.4, 0.5) is 10.5 Å². The number of hydrogen-bond donors (Lipinski definition) is 0. The topological polar surface area (TPSA) is 76.2 Å². The number of carbonyl (C=O) groups is 3. The second-order valence-electron chi connectivity index (χ2n) is 9.81. The monoisotopic (exact) mass is 428 g/mol. The van der Waals surface area contributed by atoms with Crippen LogP contribution in [-0.2, 0) is 24.5 Å². The lowest BCUT2D eigenvalue weighted by Gasteiger charge is -2.55. The van der Waals surface area contributed by atoms with Gasteiger partial charge in [0.25, 0.3) is 0 Å². The summed E-state index contributed by atoms with van der Waals surface area (Å²) in [6.07, 6.45) is 2.17. The van der Waals surface area contributed by atoms with Gasteiger partial charge in [0.05, 0.1) is 17.9 Å². The average Bonchev–Trinajstić information content (AvgIpc) is 3.17. The van der Waals surface area contributed by atoms with Crippen molar-refractivity contribution < 1.29 is 23.9 Å². The van der Waals surface area contributed by atoms with E-state index in [2.05, 4.69) is 4.90 Å². The Kier molecular flexibility index (Phi) is 5.06. The molecule has 0 aromatic heterocycles. The lowest BCUT2D eigenvalue weighted by atomic mass is 9.54. The van der Waals surface area contributed by atoms with Gasteiger partial charge in [0.15, 0.2) is 0 Å². The minimum Gasteiger partial charge on any atom is -0.466 e. The second kappa shape index (κ2) is 7.24. The maximum atomic E-state index is 13.4. The molecule has 31 heavy (non-hydrogen) atoms. The molecular weight excluding hydrogens is 396 g/mol. The first-order valence-electron chi connectivity index (χ1n) is 11.1. The molecule has 1 saturated carbocycles. The van der Waals surface area contributed by atoms with Gasteiger partial charge in [-0.05, 0) is 58.6 Å². The number of hydrogen-bond acceptors (Lipinski definition) is 6. The normalized spacial score (nSPS) is 31.5. The Morgan fingerprint density at radius 3 is 2.58 bits per heavy atom. The fourth-order valence-electron chi connectivity index (χ4n) is 6.40. The van der Waals surface area contributed by atoms with E-state index in [4.69, 9.17) is 9.47 Å². The number of likely N-dealkylation sites (N-methyl/N-ethyl adjacent to an activating group) is 1. The highest BCUT2D eigenvalue weighted by atomic mass is 16.6. The van der Waals surface area contributed by atoms with E-state index in [1.807, 2.05) is 52.1 Å². The number of amides is 1. The van der Waals surface area contributed by atoms with Crippen molar-refractivity contribution in [1.29, 1.82) is 0 Å². The smallest absolute Gasteiger partial charge is 0.412 e. The largest absolute Gasteiger partial charge is 0.466 e. The lowest BCUT2D eigenvalue weighted by Crippen LogP contribution is -2.69. The van der Waals surface area contributed by atoms with Crippen LogP contribution in [0.5, 0.6) is 0 Å². The quantitative estimate of drug-likeness (QED) is 0.542. The minimum absolute atomic E-state index is 0.247. The van der Waals surface area contributed by atoms with Crippen molar-refractivity contribution in [3.63, 3.8) is 0 Å². The number of para-hydroxylation sites is 1. The summed E-state index contributed by atoms with van der Waals surface area (Å²) in [6, 6.07) is 7.98. The molecule has 2 fully saturated rings. The van der Waals surface area contributed by atoms with Crippen molar-refractivity contribution >= 4 is 24.0 Å². The molecule has 1 aromatic carbocycles. The first-order chi connectivity index (χ1) is 14.6. The summed E-state index contributed by atoms with van der Waals surface area (Å²) < 4.78 is 11.3. The van der Waals surface area contributed by atoms with E-state index in [0.717, 1.165) is 17.5 Å². The number of rotatable bonds is 3. The van der Waals surface area contributed by atoms with Crippen LogP contribution in [0.2, 0.25) is 0 Å². The van der Waals surface area contributed by atoms with Crippen molar-refractivity contribution in [2.24, 2.45) is 11.8 Å². The summed E-state index contributed by atoms with van der Waals surface area (Å²) in [5, 5.41) is 0. The summed E-state index contributed by atoms with van der Waals surface area (Å²) in [7, 11) is 1.98. The predicted molar refractivity (Wildman–Crippen MR) is 116 cm³/mol. The Labute approximate surface area is 183 Å². The summed E-state index contributed by atoms with van der Waals surface area (Å²) >= 11 is 0. The molecule has 7 heteroatoms.